The van der Waals surface area contributed by atoms with Gasteiger partial charge in [-0.3, -0.25) is 29.3 Å². The topological polar surface area (TPSA) is 137 Å². The third-order valence-corrected chi connectivity index (χ3v) is 6.81. The molecule has 2 N–H and O–H groups in total. The summed E-state index contributed by atoms with van der Waals surface area (Å²) < 4.78 is 18.4. The molecule has 0 amide bonds. The molecule has 1 heterocycles. The van der Waals surface area contributed by atoms with E-state index in [1.165, 1.54) is 13.8 Å². The van der Waals surface area contributed by atoms with Crippen molar-refractivity contribution >= 4 is 45.6 Å². The van der Waals surface area contributed by atoms with E-state index in [0.29, 0.717) is 36.2 Å². The fourth-order valence-corrected chi connectivity index (χ4v) is 5.42. The Morgan fingerprint density at radius 2 is 1.88 bits per heavy atom. The summed E-state index contributed by atoms with van der Waals surface area (Å²) in [4.78, 5) is 21.1. The van der Waals surface area contributed by atoms with Gasteiger partial charge in [0.05, 0.1) is 9.85 Å². The van der Waals surface area contributed by atoms with Crippen LogP contribution in [0, 0.1) is 27.2 Å². The molecule has 0 saturated heterocycles. The van der Waals surface area contributed by atoms with Crippen molar-refractivity contribution in [1.82, 2.24) is 10.2 Å². The minimum absolute atomic E-state index is 0.0322. The summed E-state index contributed by atoms with van der Waals surface area (Å²) >= 11 is 3.88. The van der Waals surface area contributed by atoms with E-state index < -0.39 is 23.6 Å². The van der Waals surface area contributed by atoms with Crippen LogP contribution < -0.4 is 10.2 Å². The summed E-state index contributed by atoms with van der Waals surface area (Å²) in [6.07, 6.45) is -0.252. The van der Waals surface area contributed by atoms with Crippen molar-refractivity contribution in [1.29, 1.82) is 0 Å². The summed E-state index contributed by atoms with van der Waals surface area (Å²) in [6.45, 7) is 5.47. The number of thiophene rings is 1. The second-order valence-corrected chi connectivity index (χ2v) is 8.83. The lowest BCUT2D eigenvalue weighted by molar-refractivity contribution is -0.391. The highest BCUT2D eigenvalue weighted by molar-refractivity contribution is 9.09. The van der Waals surface area contributed by atoms with Crippen molar-refractivity contribution in [2.24, 2.45) is 0 Å². The molecule has 1 aromatic rings. The van der Waals surface area contributed by atoms with Crippen molar-refractivity contribution in [3.05, 3.63) is 30.7 Å². The van der Waals surface area contributed by atoms with Crippen molar-refractivity contribution in [3.63, 3.8) is 0 Å². The van der Waals surface area contributed by atoms with Gasteiger partial charge in [0.25, 0.3) is 5.69 Å². The maximum absolute atomic E-state index is 12.9. The number of hydrogen-bond acceptors (Lipinski definition) is 7. The predicted molar refractivity (Wildman–Crippen MR) is 99.6 cm³/mol. The van der Waals surface area contributed by atoms with Gasteiger partial charge in [-0.15, -0.1) is 0 Å². The van der Waals surface area contributed by atoms with Gasteiger partial charge < -0.3 is 0 Å². The van der Waals surface area contributed by atoms with Gasteiger partial charge in [0.1, 0.15) is 16.5 Å². The lowest BCUT2D eigenvalue weighted by atomic mass is 10.2. The molecule has 2 atom stereocenters. The van der Waals surface area contributed by atoms with Gasteiger partial charge in [-0.2, -0.15) is 0 Å². The van der Waals surface area contributed by atoms with Crippen molar-refractivity contribution in [3.8, 4) is 0 Å². The van der Waals surface area contributed by atoms with E-state index >= 15 is 0 Å². The molecule has 0 aliphatic rings. The first-order chi connectivity index (χ1) is 11.7. The molecule has 0 radical (unpaired) electrons. The summed E-state index contributed by atoms with van der Waals surface area (Å²) in [5, 5.41) is 28.1. The van der Waals surface area contributed by atoms with Crippen LogP contribution >= 0.6 is 34.9 Å². The molecule has 1 aromatic heterocycles. The zero-order valence-corrected chi connectivity index (χ0v) is 17.3. The third kappa shape index (κ3) is 5.80. The maximum atomic E-state index is 12.9. The zero-order valence-electron chi connectivity index (χ0n) is 14.0. The average Bonchev–Trinajstić information content (AvgIpc) is 2.89. The molecule has 0 aromatic carbocycles. The summed E-state index contributed by atoms with van der Waals surface area (Å²) in [6, 6.07) is 0. The van der Waals surface area contributed by atoms with Gasteiger partial charge in [-0.05, 0) is 20.3 Å². The second kappa shape index (κ2) is 9.70. The van der Waals surface area contributed by atoms with Crippen molar-refractivity contribution in [2.75, 3.05) is 18.4 Å². The van der Waals surface area contributed by atoms with Gasteiger partial charge >= 0.3 is 12.7 Å². The minimum Gasteiger partial charge on any atom is -0.297 e. The van der Waals surface area contributed by atoms with Crippen LogP contribution in [0.2, 0.25) is 0 Å². The van der Waals surface area contributed by atoms with E-state index in [2.05, 4.69) is 26.1 Å². The summed E-state index contributed by atoms with van der Waals surface area (Å²) in [5.41, 5.74) is -0.401. The summed E-state index contributed by atoms with van der Waals surface area (Å²) in [5.74, 6) is 0. The maximum Gasteiger partial charge on any atom is 0.341 e. The first kappa shape index (κ1) is 22.1. The number of rotatable bonds is 11. The van der Waals surface area contributed by atoms with Gasteiger partial charge in [-0.1, -0.05) is 34.2 Å². The van der Waals surface area contributed by atoms with E-state index in [1.54, 1.807) is 0 Å². The molecule has 142 valence electrons. The highest BCUT2D eigenvalue weighted by atomic mass is 79.9. The van der Waals surface area contributed by atoms with Crippen LogP contribution in [0.5, 0.6) is 0 Å². The standard InChI is InChI=1S/C12H20BrN4O6PS/c1-4-6-14-24(22,15-7-5-13)23-9(3)11-10(16(18)19)8(2)12(25-11)17(20)21/h9H,4-7H2,1-3H3,(H2,14,15,22). The predicted octanol–water partition coefficient (Wildman–Crippen LogP) is 4.04. The van der Waals surface area contributed by atoms with E-state index in [1.807, 2.05) is 6.92 Å². The molecule has 0 aliphatic carbocycles. The Morgan fingerprint density at radius 1 is 1.28 bits per heavy atom. The highest BCUT2D eigenvalue weighted by Gasteiger charge is 2.36. The highest BCUT2D eigenvalue weighted by Crippen LogP contribution is 2.49. The van der Waals surface area contributed by atoms with Crippen LogP contribution in [0.25, 0.3) is 0 Å². The molecule has 0 aliphatic heterocycles. The quantitative estimate of drug-likeness (QED) is 0.219. The largest absolute Gasteiger partial charge is 0.341 e. The Hall–Kier alpha value is -0.910. The minimum atomic E-state index is -3.47. The fourth-order valence-electron chi connectivity index (χ4n) is 2.04. The molecular weight excluding hydrogens is 439 g/mol. The Labute approximate surface area is 157 Å². The molecule has 0 spiro atoms. The lowest BCUT2D eigenvalue weighted by Gasteiger charge is -2.23. The molecule has 2 unspecified atom stereocenters. The van der Waals surface area contributed by atoms with Crippen LogP contribution in [0.15, 0.2) is 0 Å². The molecule has 0 saturated carbocycles. The molecule has 13 heteroatoms. The number of halogens is 1. The molecule has 25 heavy (non-hydrogen) atoms. The number of nitro groups is 2. The lowest BCUT2D eigenvalue weighted by Crippen LogP contribution is -2.27. The summed E-state index contributed by atoms with van der Waals surface area (Å²) in [7, 11) is -3.47. The zero-order chi connectivity index (χ0) is 19.2. The van der Waals surface area contributed by atoms with Crippen LogP contribution in [-0.4, -0.2) is 28.3 Å². The van der Waals surface area contributed by atoms with Gasteiger partial charge in [-0.25, -0.2) is 10.2 Å². The molecule has 1 rings (SSSR count). The molecule has 0 fully saturated rings. The van der Waals surface area contributed by atoms with E-state index in [0.717, 1.165) is 0 Å². The second-order valence-electron chi connectivity index (χ2n) is 5.06. The Bertz CT molecular complexity index is 673. The Balaban J connectivity index is 3.17. The van der Waals surface area contributed by atoms with Gasteiger partial charge in [0.2, 0.25) is 0 Å². The number of nitrogens with zero attached hydrogens (tertiary/aromatic N) is 2. The smallest absolute Gasteiger partial charge is 0.297 e. The normalized spacial score (nSPS) is 14.9. The van der Waals surface area contributed by atoms with Gasteiger partial charge in [0, 0.05) is 18.4 Å². The third-order valence-electron chi connectivity index (χ3n) is 3.12. The van der Waals surface area contributed by atoms with Crippen LogP contribution in [-0.2, 0) is 9.09 Å². The SMILES string of the molecule is CCCNP(=O)(NCCBr)OC(C)c1sc([N+](=O)[O-])c(C)c1[N+](=O)[O-]. The fraction of sp³-hybridized carbons (Fsp3) is 0.667. The molecule has 10 nitrogen and oxygen atoms in total. The number of nitrogens with one attached hydrogen (secondary N) is 2. The van der Waals surface area contributed by atoms with Gasteiger partial charge in [0.15, 0.2) is 0 Å². The van der Waals surface area contributed by atoms with Crippen LogP contribution in [0.4, 0.5) is 10.7 Å². The first-order valence-electron chi connectivity index (χ1n) is 7.43. The molecule has 0 bridgehead atoms. The Morgan fingerprint density at radius 3 is 2.36 bits per heavy atom. The number of alkyl halides is 1. The van der Waals surface area contributed by atoms with E-state index in [9.17, 15) is 24.8 Å². The van der Waals surface area contributed by atoms with Crippen LogP contribution in [0.1, 0.15) is 36.8 Å². The number of hydrogen-bond donors (Lipinski definition) is 2. The van der Waals surface area contributed by atoms with Crippen molar-refractivity contribution in [2.45, 2.75) is 33.3 Å². The molecular formula is C12H20BrN4O6PS. The van der Waals surface area contributed by atoms with Crippen molar-refractivity contribution < 1.29 is 18.9 Å². The first-order valence-corrected chi connectivity index (χ1v) is 11.0. The average molecular weight is 459 g/mol. The van der Waals surface area contributed by atoms with E-state index in [-0.39, 0.29) is 21.1 Å². The monoisotopic (exact) mass is 458 g/mol. The van der Waals surface area contributed by atoms with E-state index in [4.69, 9.17) is 4.52 Å². The van der Waals surface area contributed by atoms with Crippen LogP contribution in [0.3, 0.4) is 0 Å². The Kier molecular flexibility index (Phi) is 8.58.